The van der Waals surface area contributed by atoms with Crippen molar-refractivity contribution in [2.75, 3.05) is 32.8 Å². The van der Waals surface area contributed by atoms with Crippen LogP contribution in [-0.4, -0.2) is 65.8 Å². The zero-order valence-electron chi connectivity index (χ0n) is 13.7. The molecule has 126 valence electrons. The molecule has 0 atom stereocenters. The Balaban J connectivity index is 1.38. The molecular weight excluding hydrogens is 278 g/mol. The van der Waals surface area contributed by atoms with Crippen LogP contribution in [-0.2, 0) is 0 Å². The fourth-order valence-electron chi connectivity index (χ4n) is 4.26. The summed E-state index contributed by atoms with van der Waals surface area (Å²) >= 11 is 0. The highest BCUT2D eigenvalue weighted by atomic mass is 16.3. The number of carbonyl (C=O) groups excluding carboxylic acids is 1. The van der Waals surface area contributed by atoms with Gasteiger partial charge in [-0.1, -0.05) is 12.8 Å². The zero-order valence-corrected chi connectivity index (χ0v) is 13.7. The van der Waals surface area contributed by atoms with Crippen molar-refractivity contribution in [1.29, 1.82) is 0 Å². The molecule has 5 nitrogen and oxygen atoms in total. The van der Waals surface area contributed by atoms with Gasteiger partial charge in [-0.05, 0) is 44.4 Å². The summed E-state index contributed by atoms with van der Waals surface area (Å²) < 4.78 is 0. The molecule has 2 saturated heterocycles. The van der Waals surface area contributed by atoms with Gasteiger partial charge in [0.1, 0.15) is 0 Å². The number of aliphatic hydroxyl groups excluding tert-OH is 1. The molecule has 2 aliphatic heterocycles. The van der Waals surface area contributed by atoms with Gasteiger partial charge in [-0.15, -0.1) is 0 Å². The topological polar surface area (TPSA) is 55.8 Å². The molecule has 0 unspecified atom stereocenters. The molecule has 1 aliphatic carbocycles. The molecule has 5 heteroatoms. The predicted molar refractivity (Wildman–Crippen MR) is 86.8 cm³/mol. The smallest absolute Gasteiger partial charge is 0.317 e. The first-order valence-electron chi connectivity index (χ1n) is 9.16. The van der Waals surface area contributed by atoms with Gasteiger partial charge >= 0.3 is 6.03 Å². The first-order valence-corrected chi connectivity index (χ1v) is 9.16. The molecule has 0 aromatic rings. The van der Waals surface area contributed by atoms with Crippen LogP contribution in [0.2, 0.25) is 0 Å². The van der Waals surface area contributed by atoms with Crippen LogP contribution in [0.1, 0.15) is 51.4 Å². The van der Waals surface area contributed by atoms with Crippen molar-refractivity contribution in [3.05, 3.63) is 0 Å². The number of amides is 2. The average Bonchev–Trinajstić information content (AvgIpc) is 3.10. The van der Waals surface area contributed by atoms with Crippen molar-refractivity contribution < 1.29 is 9.90 Å². The Morgan fingerprint density at radius 2 is 1.59 bits per heavy atom. The number of carbonyl (C=O) groups is 1. The second kappa shape index (κ2) is 7.64. The van der Waals surface area contributed by atoms with Gasteiger partial charge in [0.15, 0.2) is 0 Å². The fraction of sp³-hybridized carbons (Fsp3) is 0.941. The van der Waals surface area contributed by atoms with E-state index in [1.807, 2.05) is 4.90 Å². The summed E-state index contributed by atoms with van der Waals surface area (Å²) in [6.07, 6.45) is 9.59. The normalized spacial score (nSPS) is 26.5. The van der Waals surface area contributed by atoms with E-state index in [-0.39, 0.29) is 12.6 Å². The summed E-state index contributed by atoms with van der Waals surface area (Å²) in [5.74, 6) is 0.388. The minimum absolute atomic E-state index is 0.107. The largest absolute Gasteiger partial charge is 0.396 e. The Morgan fingerprint density at radius 3 is 2.18 bits per heavy atom. The van der Waals surface area contributed by atoms with Gasteiger partial charge in [0, 0.05) is 44.9 Å². The summed E-state index contributed by atoms with van der Waals surface area (Å²) in [6, 6.07) is 1.27. The summed E-state index contributed by atoms with van der Waals surface area (Å²) in [6.45, 7) is 4.12. The van der Waals surface area contributed by atoms with E-state index in [2.05, 4.69) is 10.2 Å². The van der Waals surface area contributed by atoms with Crippen molar-refractivity contribution >= 4 is 6.03 Å². The third-order valence-electron chi connectivity index (χ3n) is 5.86. The van der Waals surface area contributed by atoms with Gasteiger partial charge in [0.05, 0.1) is 0 Å². The van der Waals surface area contributed by atoms with E-state index in [0.717, 1.165) is 57.9 Å². The summed E-state index contributed by atoms with van der Waals surface area (Å²) in [5.41, 5.74) is 0. The predicted octanol–water partition coefficient (Wildman–Crippen LogP) is 1.81. The van der Waals surface area contributed by atoms with Gasteiger partial charge in [0.25, 0.3) is 0 Å². The second-order valence-electron chi connectivity index (χ2n) is 7.31. The van der Waals surface area contributed by atoms with E-state index < -0.39 is 0 Å². The number of nitrogens with one attached hydrogen (secondary N) is 1. The molecule has 2 heterocycles. The lowest BCUT2D eigenvalue weighted by Crippen LogP contribution is -2.52. The number of likely N-dealkylation sites (tertiary alicyclic amines) is 2. The second-order valence-corrected chi connectivity index (χ2v) is 7.31. The molecule has 3 fully saturated rings. The highest BCUT2D eigenvalue weighted by molar-refractivity contribution is 5.74. The number of hydrogen-bond donors (Lipinski definition) is 2. The summed E-state index contributed by atoms with van der Waals surface area (Å²) in [7, 11) is 0. The van der Waals surface area contributed by atoms with Gasteiger partial charge in [-0.25, -0.2) is 4.79 Å². The Bertz CT molecular complexity index is 355. The van der Waals surface area contributed by atoms with Gasteiger partial charge in [-0.3, -0.25) is 0 Å². The number of piperidine rings is 2. The van der Waals surface area contributed by atoms with E-state index in [9.17, 15) is 4.79 Å². The third-order valence-corrected chi connectivity index (χ3v) is 5.86. The zero-order chi connectivity index (χ0) is 15.4. The van der Waals surface area contributed by atoms with Crippen molar-refractivity contribution in [2.45, 2.75) is 63.5 Å². The standard InChI is InChI=1S/C17H31N3O2/c21-13-14-5-9-20(10-6-14)17(22)18-15-7-11-19(12-8-15)16-3-1-2-4-16/h14-16,21H,1-13H2,(H,18,22). The number of rotatable bonds is 3. The van der Waals surface area contributed by atoms with Crippen LogP contribution < -0.4 is 5.32 Å². The van der Waals surface area contributed by atoms with E-state index in [1.54, 1.807) is 0 Å². The lowest BCUT2D eigenvalue weighted by atomic mass is 9.98. The maximum atomic E-state index is 12.3. The van der Waals surface area contributed by atoms with Crippen LogP contribution in [0.5, 0.6) is 0 Å². The molecular formula is C17H31N3O2. The maximum absolute atomic E-state index is 12.3. The highest BCUT2D eigenvalue weighted by Gasteiger charge is 2.29. The first kappa shape index (κ1) is 16.1. The summed E-state index contributed by atoms with van der Waals surface area (Å²) in [4.78, 5) is 16.9. The quantitative estimate of drug-likeness (QED) is 0.836. The Hall–Kier alpha value is -0.810. The van der Waals surface area contributed by atoms with Crippen LogP contribution in [0.25, 0.3) is 0 Å². The van der Waals surface area contributed by atoms with Crippen LogP contribution in [0.15, 0.2) is 0 Å². The maximum Gasteiger partial charge on any atom is 0.317 e. The van der Waals surface area contributed by atoms with Crippen LogP contribution in [0.3, 0.4) is 0 Å². The number of urea groups is 1. The SMILES string of the molecule is O=C(NC1CCN(C2CCCC2)CC1)N1CCC(CO)CC1. The van der Waals surface area contributed by atoms with E-state index in [4.69, 9.17) is 5.11 Å². The number of nitrogens with zero attached hydrogens (tertiary/aromatic N) is 2. The Labute approximate surface area is 134 Å². The van der Waals surface area contributed by atoms with E-state index in [1.165, 1.54) is 25.7 Å². The molecule has 0 bridgehead atoms. The minimum atomic E-state index is 0.107. The van der Waals surface area contributed by atoms with Crippen LogP contribution >= 0.6 is 0 Å². The Morgan fingerprint density at radius 1 is 0.955 bits per heavy atom. The molecule has 0 aromatic carbocycles. The molecule has 0 aromatic heterocycles. The summed E-state index contributed by atoms with van der Waals surface area (Å²) in [5, 5.41) is 12.4. The molecule has 3 rings (SSSR count). The molecule has 0 radical (unpaired) electrons. The first-order chi connectivity index (χ1) is 10.8. The molecule has 0 spiro atoms. The van der Waals surface area contributed by atoms with Crippen molar-refractivity contribution in [1.82, 2.24) is 15.1 Å². The van der Waals surface area contributed by atoms with Crippen molar-refractivity contribution in [3.63, 3.8) is 0 Å². The third kappa shape index (κ3) is 3.93. The van der Waals surface area contributed by atoms with Gasteiger partial charge < -0.3 is 20.2 Å². The molecule has 2 amide bonds. The fourth-order valence-corrected chi connectivity index (χ4v) is 4.26. The van der Waals surface area contributed by atoms with Gasteiger partial charge in [-0.2, -0.15) is 0 Å². The van der Waals surface area contributed by atoms with Gasteiger partial charge in [0.2, 0.25) is 0 Å². The lowest BCUT2D eigenvalue weighted by Gasteiger charge is -2.38. The van der Waals surface area contributed by atoms with Crippen molar-refractivity contribution in [3.8, 4) is 0 Å². The van der Waals surface area contributed by atoms with Crippen LogP contribution in [0.4, 0.5) is 4.79 Å². The van der Waals surface area contributed by atoms with Crippen molar-refractivity contribution in [2.24, 2.45) is 5.92 Å². The molecule has 3 aliphatic rings. The van der Waals surface area contributed by atoms with Crippen LogP contribution in [0, 0.1) is 5.92 Å². The minimum Gasteiger partial charge on any atom is -0.396 e. The Kier molecular flexibility index (Phi) is 5.58. The lowest BCUT2D eigenvalue weighted by molar-refractivity contribution is 0.123. The van der Waals surface area contributed by atoms with E-state index >= 15 is 0 Å². The molecule has 2 N–H and O–H groups in total. The molecule has 22 heavy (non-hydrogen) atoms. The average molecular weight is 309 g/mol. The number of aliphatic hydroxyl groups is 1. The van der Waals surface area contributed by atoms with E-state index in [0.29, 0.717) is 12.0 Å². The number of hydrogen-bond acceptors (Lipinski definition) is 3. The molecule has 1 saturated carbocycles. The monoisotopic (exact) mass is 309 g/mol. The highest BCUT2D eigenvalue weighted by Crippen LogP contribution is 2.26.